The monoisotopic (exact) mass is 319 g/mol. The van der Waals surface area contributed by atoms with Gasteiger partial charge in [0, 0.05) is 13.0 Å². The van der Waals surface area contributed by atoms with Crippen LogP contribution in [0, 0.1) is 0 Å². The van der Waals surface area contributed by atoms with Crippen molar-refractivity contribution in [3.8, 4) is 0 Å². The van der Waals surface area contributed by atoms with E-state index in [4.69, 9.17) is 16.6 Å². The van der Waals surface area contributed by atoms with Crippen LogP contribution in [0.5, 0.6) is 0 Å². The molecule has 0 fully saturated rings. The molecular weight excluding hydrogens is 297 g/mol. The van der Waals surface area contributed by atoms with Crippen LogP contribution in [0.2, 0.25) is 0 Å². The van der Waals surface area contributed by atoms with E-state index < -0.39 is 12.0 Å². The van der Waals surface area contributed by atoms with Gasteiger partial charge in [0.2, 0.25) is 0 Å². The van der Waals surface area contributed by atoms with Crippen LogP contribution in [-0.4, -0.2) is 41.5 Å². The summed E-state index contributed by atoms with van der Waals surface area (Å²) in [4.78, 5) is 14.6. The largest absolute Gasteiger partial charge is 0.480 e. The molecule has 5 nitrogen and oxygen atoms in total. The number of thioether (sulfide) groups is 1. The number of carboxylic acid groups (broad SMARTS) is 1. The Labute approximate surface area is 125 Å². The number of halogens is 2. The number of aliphatic imine (C=N–C) groups is 1. The molecule has 8 heteroatoms. The fraction of sp³-hybridized carbons (Fsp3) is 0.800. The first-order valence-corrected chi connectivity index (χ1v) is 6.73. The molecule has 0 aromatic heterocycles. The summed E-state index contributed by atoms with van der Waals surface area (Å²) in [6, 6.07) is -0.784. The lowest BCUT2D eigenvalue weighted by Crippen LogP contribution is -2.30. The molecule has 0 radical (unpaired) electrons. The Kier molecular flexibility index (Phi) is 19.0. The summed E-state index contributed by atoms with van der Waals surface area (Å²) in [6.45, 7) is 0.562. The number of carbonyl (C=O) groups is 1. The van der Waals surface area contributed by atoms with Crippen LogP contribution in [-0.2, 0) is 4.79 Å². The summed E-state index contributed by atoms with van der Waals surface area (Å²) in [5.41, 5.74) is 11.0. The molecule has 0 spiro atoms. The predicted octanol–water partition coefficient (Wildman–Crippen LogP) is 1.52. The highest BCUT2D eigenvalue weighted by Gasteiger charge is 2.09. The van der Waals surface area contributed by atoms with Crippen LogP contribution >= 0.6 is 36.6 Å². The van der Waals surface area contributed by atoms with E-state index in [2.05, 4.69) is 11.2 Å². The summed E-state index contributed by atoms with van der Waals surface area (Å²) in [5, 5.41) is 8.55. The van der Waals surface area contributed by atoms with Gasteiger partial charge in [-0.3, -0.25) is 9.79 Å². The van der Waals surface area contributed by atoms with E-state index in [1.54, 1.807) is 11.8 Å². The zero-order valence-corrected chi connectivity index (χ0v) is 13.0. The quantitative estimate of drug-likeness (QED) is 0.340. The Morgan fingerprint density at radius 1 is 1.39 bits per heavy atom. The van der Waals surface area contributed by atoms with Gasteiger partial charge in [0.15, 0.2) is 0 Å². The Balaban J connectivity index is -0.00000112. The molecule has 0 saturated carbocycles. The lowest BCUT2D eigenvalue weighted by Gasteiger charge is -2.04. The first kappa shape index (κ1) is 23.0. The highest BCUT2D eigenvalue weighted by atomic mass is 35.5. The molecule has 0 saturated heterocycles. The maximum absolute atomic E-state index is 10.4. The second kappa shape index (κ2) is 14.9. The summed E-state index contributed by atoms with van der Waals surface area (Å²) in [5.74, 6) is 0.773. The minimum Gasteiger partial charge on any atom is -0.480 e. The van der Waals surface area contributed by atoms with Gasteiger partial charge in [0.25, 0.3) is 0 Å². The van der Waals surface area contributed by atoms with Crippen molar-refractivity contribution in [3.05, 3.63) is 0 Å². The third-order valence-electron chi connectivity index (χ3n) is 2.09. The molecule has 0 aliphatic carbocycles. The summed E-state index contributed by atoms with van der Waals surface area (Å²) in [6.07, 6.45) is 5.01. The second-order valence-electron chi connectivity index (χ2n) is 3.56. The van der Waals surface area contributed by atoms with Crippen molar-refractivity contribution in [1.82, 2.24) is 0 Å². The zero-order valence-electron chi connectivity index (χ0n) is 10.5. The van der Waals surface area contributed by atoms with Gasteiger partial charge in [-0.15, -0.1) is 24.8 Å². The Morgan fingerprint density at radius 3 is 2.50 bits per heavy atom. The van der Waals surface area contributed by atoms with Crippen LogP contribution in [0.25, 0.3) is 0 Å². The molecule has 0 rings (SSSR count). The Morgan fingerprint density at radius 2 is 2.00 bits per heavy atom. The number of rotatable bonds is 9. The maximum Gasteiger partial charge on any atom is 0.320 e. The zero-order chi connectivity index (χ0) is 12.4. The summed E-state index contributed by atoms with van der Waals surface area (Å²) in [7, 11) is 0. The van der Waals surface area contributed by atoms with E-state index in [9.17, 15) is 4.79 Å². The van der Waals surface area contributed by atoms with E-state index in [0.29, 0.717) is 25.2 Å². The molecular formula is C10H23Cl2N3O2S. The summed E-state index contributed by atoms with van der Waals surface area (Å²) < 4.78 is 0. The maximum atomic E-state index is 10.4. The molecule has 0 bridgehead atoms. The average molecular weight is 320 g/mol. The van der Waals surface area contributed by atoms with Crippen molar-refractivity contribution in [2.75, 3.05) is 18.6 Å². The third-order valence-corrected chi connectivity index (χ3v) is 2.78. The van der Waals surface area contributed by atoms with Gasteiger partial charge in [-0.05, 0) is 31.3 Å². The minimum atomic E-state index is -0.961. The Hall–Kier alpha value is -0.170. The SMILES string of the molecule is CSCCCC(N)=NCCC[C@H](N)C(=O)O.Cl.Cl. The fourth-order valence-electron chi connectivity index (χ4n) is 1.13. The highest BCUT2D eigenvalue weighted by Crippen LogP contribution is 2.00. The molecule has 0 heterocycles. The number of amidine groups is 1. The van der Waals surface area contributed by atoms with Crippen molar-refractivity contribution in [2.45, 2.75) is 31.7 Å². The molecule has 0 aromatic rings. The predicted molar refractivity (Wildman–Crippen MR) is 83.4 cm³/mol. The van der Waals surface area contributed by atoms with Crippen LogP contribution in [0.1, 0.15) is 25.7 Å². The summed E-state index contributed by atoms with van der Waals surface area (Å²) >= 11 is 1.79. The number of aliphatic carboxylic acids is 1. The third kappa shape index (κ3) is 13.9. The molecule has 0 aliphatic heterocycles. The fourth-order valence-corrected chi connectivity index (χ4v) is 1.57. The van der Waals surface area contributed by atoms with E-state index >= 15 is 0 Å². The molecule has 0 amide bonds. The van der Waals surface area contributed by atoms with Crippen molar-refractivity contribution < 1.29 is 9.90 Å². The van der Waals surface area contributed by atoms with Gasteiger partial charge in [0.1, 0.15) is 6.04 Å². The Bertz CT molecular complexity index is 243. The van der Waals surface area contributed by atoms with Crippen molar-refractivity contribution in [2.24, 2.45) is 16.5 Å². The van der Waals surface area contributed by atoms with Gasteiger partial charge in [0.05, 0.1) is 5.84 Å². The number of nitrogens with two attached hydrogens (primary N) is 2. The van der Waals surface area contributed by atoms with E-state index in [1.165, 1.54) is 0 Å². The molecule has 0 aromatic carbocycles. The van der Waals surface area contributed by atoms with Gasteiger partial charge < -0.3 is 16.6 Å². The van der Waals surface area contributed by atoms with Crippen molar-refractivity contribution >= 4 is 48.4 Å². The van der Waals surface area contributed by atoms with Crippen LogP contribution in [0.15, 0.2) is 4.99 Å². The van der Waals surface area contributed by atoms with Gasteiger partial charge in [-0.2, -0.15) is 11.8 Å². The number of nitrogens with zero attached hydrogens (tertiary/aromatic N) is 1. The number of carboxylic acids is 1. The normalized spacial score (nSPS) is 12.2. The first-order chi connectivity index (χ1) is 7.57. The minimum absolute atomic E-state index is 0. The van der Waals surface area contributed by atoms with Gasteiger partial charge in [-0.1, -0.05) is 0 Å². The molecule has 1 atom stereocenters. The van der Waals surface area contributed by atoms with Crippen LogP contribution < -0.4 is 11.5 Å². The number of hydrogen-bond donors (Lipinski definition) is 3. The lowest BCUT2D eigenvalue weighted by atomic mass is 10.2. The topological polar surface area (TPSA) is 102 Å². The molecule has 110 valence electrons. The number of hydrogen-bond acceptors (Lipinski definition) is 4. The molecule has 18 heavy (non-hydrogen) atoms. The van der Waals surface area contributed by atoms with Crippen LogP contribution in [0.4, 0.5) is 0 Å². The molecule has 0 aliphatic rings. The molecule has 0 unspecified atom stereocenters. The smallest absolute Gasteiger partial charge is 0.320 e. The van der Waals surface area contributed by atoms with Crippen LogP contribution in [0.3, 0.4) is 0 Å². The van der Waals surface area contributed by atoms with E-state index in [0.717, 1.165) is 18.6 Å². The highest BCUT2D eigenvalue weighted by molar-refractivity contribution is 7.98. The van der Waals surface area contributed by atoms with Crippen molar-refractivity contribution in [3.63, 3.8) is 0 Å². The van der Waals surface area contributed by atoms with Crippen molar-refractivity contribution in [1.29, 1.82) is 0 Å². The standard InChI is InChI=1S/C10H21N3O2S.2ClH/c1-16-7-3-5-9(12)13-6-2-4-8(11)10(14)15;;/h8H,2-7,11H2,1H3,(H2,12,13)(H,14,15);2*1H/t8-;;/m0../s1. The van der Waals surface area contributed by atoms with Gasteiger partial charge in [-0.25, -0.2) is 0 Å². The van der Waals surface area contributed by atoms with E-state index in [-0.39, 0.29) is 24.8 Å². The second-order valence-corrected chi connectivity index (χ2v) is 4.54. The van der Waals surface area contributed by atoms with Gasteiger partial charge >= 0.3 is 5.97 Å². The first-order valence-electron chi connectivity index (χ1n) is 5.34. The lowest BCUT2D eigenvalue weighted by molar-refractivity contribution is -0.138. The van der Waals surface area contributed by atoms with E-state index in [1.807, 2.05) is 0 Å². The molecule has 5 N–H and O–H groups in total. The average Bonchev–Trinajstić information content (AvgIpc) is 2.24.